The van der Waals surface area contributed by atoms with Crippen molar-refractivity contribution >= 4 is 45.4 Å². The summed E-state index contributed by atoms with van der Waals surface area (Å²) in [5.41, 5.74) is 5.78. The summed E-state index contributed by atoms with van der Waals surface area (Å²) < 4.78 is 26.6. The largest absolute Gasteiger partial charge is 0.327 e. The second-order valence-corrected chi connectivity index (χ2v) is 7.70. The van der Waals surface area contributed by atoms with Crippen LogP contribution >= 0.6 is 35.3 Å². The summed E-state index contributed by atoms with van der Waals surface area (Å²) in [6.07, 6.45) is 1.71. The Kier molecular flexibility index (Phi) is 5.24. The first-order chi connectivity index (χ1) is 7.50. The molecular formula is C9H14Cl2N2O2S2. The SMILES string of the molecule is Cl.N[C@@H]1CCCN(S(=O)(=O)c2ccc(Cl)s2)C1. The molecule has 1 aliphatic rings. The number of halogens is 2. The fourth-order valence-electron chi connectivity index (χ4n) is 1.76. The van der Waals surface area contributed by atoms with Crippen molar-refractivity contribution in [2.45, 2.75) is 23.1 Å². The van der Waals surface area contributed by atoms with E-state index in [1.807, 2.05) is 0 Å². The summed E-state index contributed by atoms with van der Waals surface area (Å²) >= 11 is 6.83. The average molecular weight is 317 g/mol. The Labute approximate surface area is 116 Å². The van der Waals surface area contributed by atoms with Crippen molar-refractivity contribution in [3.8, 4) is 0 Å². The molecule has 2 N–H and O–H groups in total. The second kappa shape index (κ2) is 5.86. The van der Waals surface area contributed by atoms with Crippen LogP contribution < -0.4 is 5.73 Å². The number of rotatable bonds is 2. The maximum atomic E-state index is 12.2. The topological polar surface area (TPSA) is 63.4 Å². The van der Waals surface area contributed by atoms with Gasteiger partial charge in [-0.2, -0.15) is 4.31 Å². The Morgan fingerprint density at radius 1 is 1.47 bits per heavy atom. The van der Waals surface area contributed by atoms with E-state index < -0.39 is 10.0 Å². The summed E-state index contributed by atoms with van der Waals surface area (Å²) in [6, 6.07) is 3.09. The molecule has 0 radical (unpaired) electrons. The monoisotopic (exact) mass is 316 g/mol. The van der Waals surface area contributed by atoms with Crippen molar-refractivity contribution in [3.63, 3.8) is 0 Å². The van der Waals surface area contributed by atoms with Crippen LogP contribution in [0.25, 0.3) is 0 Å². The van der Waals surface area contributed by atoms with Gasteiger partial charge in [-0.05, 0) is 25.0 Å². The van der Waals surface area contributed by atoms with Crippen LogP contribution in [0.3, 0.4) is 0 Å². The first kappa shape index (κ1) is 15.2. The first-order valence-corrected chi connectivity index (χ1v) is 7.64. The van der Waals surface area contributed by atoms with Gasteiger partial charge in [0.2, 0.25) is 0 Å². The number of thiophene rings is 1. The van der Waals surface area contributed by atoms with Crippen molar-refractivity contribution in [2.24, 2.45) is 5.73 Å². The Hall–Kier alpha value is 0.150. The summed E-state index contributed by atoms with van der Waals surface area (Å²) in [4.78, 5) is 0. The standard InChI is InChI=1S/C9H13ClN2O2S2.ClH/c10-8-3-4-9(15-8)16(13,14)12-5-1-2-7(11)6-12;/h3-4,7H,1-2,5-6,11H2;1H/t7-;/m1./s1. The zero-order chi connectivity index (χ0) is 11.8. The predicted octanol–water partition coefficient (Wildman–Crippen LogP) is 1.94. The maximum absolute atomic E-state index is 12.2. The van der Waals surface area contributed by atoms with Crippen molar-refractivity contribution in [2.75, 3.05) is 13.1 Å². The van der Waals surface area contributed by atoms with E-state index in [2.05, 4.69) is 0 Å². The maximum Gasteiger partial charge on any atom is 0.252 e. The fraction of sp³-hybridized carbons (Fsp3) is 0.556. The zero-order valence-corrected chi connectivity index (χ0v) is 12.2. The van der Waals surface area contributed by atoms with Crippen LogP contribution in [0.2, 0.25) is 4.34 Å². The number of hydrogen-bond acceptors (Lipinski definition) is 4. The van der Waals surface area contributed by atoms with E-state index in [-0.39, 0.29) is 18.4 Å². The number of nitrogens with two attached hydrogens (primary N) is 1. The molecule has 4 nitrogen and oxygen atoms in total. The molecule has 0 amide bonds. The van der Waals surface area contributed by atoms with E-state index in [0.717, 1.165) is 24.2 Å². The van der Waals surface area contributed by atoms with Gasteiger partial charge in [-0.3, -0.25) is 0 Å². The third-order valence-corrected chi connectivity index (χ3v) is 6.13. The number of hydrogen-bond donors (Lipinski definition) is 1. The molecule has 0 unspecified atom stereocenters. The molecule has 1 atom stereocenters. The molecule has 2 heterocycles. The van der Waals surface area contributed by atoms with Crippen LogP contribution in [0.5, 0.6) is 0 Å². The van der Waals surface area contributed by atoms with Gasteiger partial charge in [0.25, 0.3) is 10.0 Å². The number of sulfonamides is 1. The van der Waals surface area contributed by atoms with Crippen molar-refractivity contribution in [1.29, 1.82) is 0 Å². The molecule has 0 bridgehead atoms. The van der Waals surface area contributed by atoms with Gasteiger partial charge in [0.1, 0.15) is 4.21 Å². The lowest BCUT2D eigenvalue weighted by Crippen LogP contribution is -2.45. The van der Waals surface area contributed by atoms with E-state index in [1.165, 1.54) is 4.31 Å². The quantitative estimate of drug-likeness (QED) is 0.906. The molecule has 1 aliphatic heterocycles. The Morgan fingerprint density at radius 2 is 2.18 bits per heavy atom. The number of piperidine rings is 1. The first-order valence-electron chi connectivity index (χ1n) is 5.01. The van der Waals surface area contributed by atoms with Crippen molar-refractivity contribution < 1.29 is 8.42 Å². The minimum absolute atomic E-state index is 0. The van der Waals surface area contributed by atoms with Gasteiger partial charge in [-0.1, -0.05) is 11.6 Å². The normalized spacial score (nSPS) is 22.1. The van der Waals surface area contributed by atoms with Gasteiger partial charge >= 0.3 is 0 Å². The lowest BCUT2D eigenvalue weighted by atomic mass is 10.1. The molecule has 2 rings (SSSR count). The highest BCUT2D eigenvalue weighted by Gasteiger charge is 2.29. The van der Waals surface area contributed by atoms with Gasteiger partial charge < -0.3 is 5.73 Å². The summed E-state index contributed by atoms with van der Waals surface area (Å²) in [5.74, 6) is 0. The summed E-state index contributed by atoms with van der Waals surface area (Å²) in [5, 5.41) is 0. The lowest BCUT2D eigenvalue weighted by Gasteiger charge is -2.29. The van der Waals surface area contributed by atoms with E-state index in [9.17, 15) is 8.42 Å². The Balaban J connectivity index is 0.00000144. The molecule has 1 fully saturated rings. The molecule has 0 aliphatic carbocycles. The third kappa shape index (κ3) is 3.33. The average Bonchev–Trinajstić information content (AvgIpc) is 2.65. The zero-order valence-electron chi connectivity index (χ0n) is 9.00. The fourth-order valence-corrected chi connectivity index (χ4v) is 4.93. The van der Waals surface area contributed by atoms with Crippen molar-refractivity contribution in [3.05, 3.63) is 16.5 Å². The van der Waals surface area contributed by atoms with Gasteiger partial charge in [0.15, 0.2) is 0 Å². The van der Waals surface area contributed by atoms with Crippen LogP contribution in [0.1, 0.15) is 12.8 Å². The van der Waals surface area contributed by atoms with Gasteiger partial charge in [0, 0.05) is 19.1 Å². The molecular weight excluding hydrogens is 303 g/mol. The molecule has 1 aromatic heterocycles. The lowest BCUT2D eigenvalue weighted by molar-refractivity contribution is 0.316. The van der Waals surface area contributed by atoms with E-state index in [0.29, 0.717) is 21.6 Å². The van der Waals surface area contributed by atoms with Crippen LogP contribution in [0.4, 0.5) is 0 Å². The van der Waals surface area contributed by atoms with Gasteiger partial charge in [0.05, 0.1) is 4.34 Å². The number of nitrogens with zero attached hydrogens (tertiary/aromatic N) is 1. The highest BCUT2D eigenvalue weighted by molar-refractivity contribution is 7.91. The smallest absolute Gasteiger partial charge is 0.252 e. The second-order valence-electron chi connectivity index (χ2n) is 3.82. The molecule has 0 saturated carbocycles. The molecule has 0 spiro atoms. The molecule has 0 aromatic carbocycles. The van der Waals surface area contributed by atoms with E-state index in [4.69, 9.17) is 17.3 Å². The molecule has 8 heteroatoms. The minimum Gasteiger partial charge on any atom is -0.327 e. The summed E-state index contributed by atoms with van der Waals surface area (Å²) in [7, 11) is -3.39. The van der Waals surface area contributed by atoms with Crippen LogP contribution in [0.15, 0.2) is 16.3 Å². The highest BCUT2D eigenvalue weighted by atomic mass is 35.5. The van der Waals surface area contributed by atoms with Crippen LogP contribution in [-0.4, -0.2) is 31.9 Å². The van der Waals surface area contributed by atoms with Gasteiger partial charge in [-0.25, -0.2) is 8.42 Å². The predicted molar refractivity (Wildman–Crippen MR) is 72.5 cm³/mol. The van der Waals surface area contributed by atoms with Crippen LogP contribution in [0, 0.1) is 0 Å². The van der Waals surface area contributed by atoms with E-state index in [1.54, 1.807) is 12.1 Å². The van der Waals surface area contributed by atoms with E-state index >= 15 is 0 Å². The molecule has 1 saturated heterocycles. The molecule has 1 aromatic rings. The third-order valence-electron chi connectivity index (χ3n) is 2.56. The Bertz CT molecular complexity index is 475. The van der Waals surface area contributed by atoms with Crippen LogP contribution in [-0.2, 0) is 10.0 Å². The van der Waals surface area contributed by atoms with Gasteiger partial charge in [-0.15, -0.1) is 23.7 Å². The molecule has 17 heavy (non-hydrogen) atoms. The molecule has 98 valence electrons. The van der Waals surface area contributed by atoms with Crippen molar-refractivity contribution in [1.82, 2.24) is 4.31 Å². The Morgan fingerprint density at radius 3 is 2.71 bits per heavy atom. The summed E-state index contributed by atoms with van der Waals surface area (Å²) in [6.45, 7) is 0.948. The highest BCUT2D eigenvalue weighted by Crippen LogP contribution is 2.29. The minimum atomic E-state index is -3.39.